The molecule has 0 aromatic heterocycles. The number of halogens is 1. The molecular weight excluding hydrogens is 207 g/mol. The second kappa shape index (κ2) is 4.14. The zero-order valence-corrected chi connectivity index (χ0v) is 8.35. The zero-order valence-electron chi connectivity index (χ0n) is 8.35. The monoisotopic (exact) mass is 216 g/mol. The van der Waals surface area contributed by atoms with Gasteiger partial charge in [0.05, 0.1) is 0 Å². The van der Waals surface area contributed by atoms with E-state index in [2.05, 4.69) is 0 Å². The van der Waals surface area contributed by atoms with Gasteiger partial charge >= 0.3 is 0 Å². The lowest BCUT2D eigenvalue weighted by molar-refractivity contribution is 0.112. The van der Waals surface area contributed by atoms with E-state index in [1.807, 2.05) is 0 Å². The van der Waals surface area contributed by atoms with Gasteiger partial charge in [-0.1, -0.05) is 18.2 Å². The fraction of sp³-hybridized carbons (Fsp3) is 0. The maximum absolute atomic E-state index is 13.5. The van der Waals surface area contributed by atoms with Crippen molar-refractivity contribution in [2.75, 3.05) is 0 Å². The van der Waals surface area contributed by atoms with Gasteiger partial charge in [0.15, 0.2) is 0 Å². The molecule has 0 unspecified atom stereocenters. The van der Waals surface area contributed by atoms with Gasteiger partial charge in [-0.05, 0) is 24.3 Å². The molecule has 0 amide bonds. The summed E-state index contributed by atoms with van der Waals surface area (Å²) < 4.78 is 13.5. The molecule has 0 atom stereocenters. The number of hydrogen-bond acceptors (Lipinski definition) is 2. The Balaban J connectivity index is 2.63. The van der Waals surface area contributed by atoms with E-state index in [1.54, 1.807) is 18.2 Å². The predicted molar refractivity (Wildman–Crippen MR) is 58.9 cm³/mol. The van der Waals surface area contributed by atoms with Crippen molar-refractivity contribution < 1.29 is 14.3 Å². The Labute approximate surface area is 92.0 Å². The smallest absolute Gasteiger partial charge is 0.150 e. The van der Waals surface area contributed by atoms with E-state index in [9.17, 15) is 14.3 Å². The SMILES string of the molecule is O=Cc1ccc(O)c(-c2ccccc2F)c1. The van der Waals surface area contributed by atoms with Crippen molar-refractivity contribution in [3.8, 4) is 16.9 Å². The van der Waals surface area contributed by atoms with Crippen molar-refractivity contribution in [3.63, 3.8) is 0 Å². The summed E-state index contributed by atoms with van der Waals surface area (Å²) in [5, 5.41) is 9.63. The molecule has 3 heteroatoms. The standard InChI is InChI=1S/C13H9FO2/c14-12-4-2-1-3-10(12)11-7-9(8-15)5-6-13(11)16/h1-8,16H. The summed E-state index contributed by atoms with van der Waals surface area (Å²) in [7, 11) is 0. The number of rotatable bonds is 2. The lowest BCUT2D eigenvalue weighted by Gasteiger charge is -2.06. The Kier molecular flexibility index (Phi) is 2.68. The van der Waals surface area contributed by atoms with Gasteiger partial charge in [-0.25, -0.2) is 4.39 Å². The number of hydrogen-bond donors (Lipinski definition) is 1. The van der Waals surface area contributed by atoms with Crippen LogP contribution < -0.4 is 0 Å². The van der Waals surface area contributed by atoms with Crippen LogP contribution in [-0.2, 0) is 0 Å². The van der Waals surface area contributed by atoms with Crippen molar-refractivity contribution in [2.24, 2.45) is 0 Å². The van der Waals surface area contributed by atoms with E-state index in [4.69, 9.17) is 0 Å². The summed E-state index contributed by atoms with van der Waals surface area (Å²) >= 11 is 0. The first-order valence-electron chi connectivity index (χ1n) is 4.75. The quantitative estimate of drug-likeness (QED) is 0.783. The van der Waals surface area contributed by atoms with E-state index in [-0.39, 0.29) is 11.3 Å². The number of aromatic hydroxyl groups is 1. The number of aldehydes is 1. The molecule has 16 heavy (non-hydrogen) atoms. The summed E-state index contributed by atoms with van der Waals surface area (Å²) in [6.45, 7) is 0. The van der Waals surface area contributed by atoms with E-state index in [0.717, 1.165) is 0 Å². The van der Waals surface area contributed by atoms with E-state index in [0.29, 0.717) is 17.4 Å². The average molecular weight is 216 g/mol. The Morgan fingerprint density at radius 2 is 1.81 bits per heavy atom. The van der Waals surface area contributed by atoms with Crippen molar-refractivity contribution >= 4 is 6.29 Å². The largest absolute Gasteiger partial charge is 0.507 e. The number of carbonyl (C=O) groups is 1. The molecule has 1 N–H and O–H groups in total. The summed E-state index contributed by atoms with van der Waals surface area (Å²) in [5.74, 6) is -0.475. The summed E-state index contributed by atoms with van der Waals surface area (Å²) in [5.41, 5.74) is 1.00. The highest BCUT2D eigenvalue weighted by Crippen LogP contribution is 2.31. The molecule has 0 aliphatic heterocycles. The number of phenols is 1. The predicted octanol–water partition coefficient (Wildman–Crippen LogP) is 3.01. The Morgan fingerprint density at radius 3 is 2.50 bits per heavy atom. The molecule has 0 bridgehead atoms. The normalized spacial score (nSPS) is 10.1. The van der Waals surface area contributed by atoms with Crippen LogP contribution in [0.5, 0.6) is 5.75 Å². The molecule has 0 fully saturated rings. The highest BCUT2D eigenvalue weighted by Gasteiger charge is 2.09. The minimum Gasteiger partial charge on any atom is -0.507 e. The molecular formula is C13H9FO2. The summed E-state index contributed by atoms with van der Waals surface area (Å²) in [4.78, 5) is 10.6. The fourth-order valence-corrected chi connectivity index (χ4v) is 1.52. The Bertz CT molecular complexity index is 535. The van der Waals surface area contributed by atoms with Crippen molar-refractivity contribution in [1.82, 2.24) is 0 Å². The van der Waals surface area contributed by atoms with Crippen LogP contribution in [-0.4, -0.2) is 11.4 Å². The van der Waals surface area contributed by atoms with Crippen molar-refractivity contribution in [3.05, 3.63) is 53.8 Å². The molecule has 0 aliphatic rings. The first-order chi connectivity index (χ1) is 7.72. The van der Waals surface area contributed by atoms with Crippen LogP contribution in [0.3, 0.4) is 0 Å². The van der Waals surface area contributed by atoms with Crippen LogP contribution in [0.2, 0.25) is 0 Å². The number of phenolic OH excluding ortho intramolecular Hbond substituents is 1. The Hall–Kier alpha value is -2.16. The second-order valence-electron chi connectivity index (χ2n) is 3.37. The summed E-state index contributed by atoms with van der Waals surface area (Å²) in [6.07, 6.45) is 0.657. The van der Waals surface area contributed by atoms with Gasteiger partial charge in [0.1, 0.15) is 17.9 Å². The number of carbonyl (C=O) groups excluding carboxylic acids is 1. The van der Waals surface area contributed by atoms with Crippen LogP contribution in [0.1, 0.15) is 10.4 Å². The van der Waals surface area contributed by atoms with Gasteiger partial charge in [0.2, 0.25) is 0 Å². The van der Waals surface area contributed by atoms with Crippen LogP contribution in [0.4, 0.5) is 4.39 Å². The molecule has 0 radical (unpaired) electrons. The fourth-order valence-electron chi connectivity index (χ4n) is 1.52. The molecule has 0 saturated heterocycles. The molecule has 0 heterocycles. The third-order valence-electron chi connectivity index (χ3n) is 2.32. The third kappa shape index (κ3) is 1.80. The van der Waals surface area contributed by atoms with Gasteiger partial charge in [-0.2, -0.15) is 0 Å². The van der Waals surface area contributed by atoms with Crippen LogP contribution in [0.15, 0.2) is 42.5 Å². The maximum atomic E-state index is 13.5. The topological polar surface area (TPSA) is 37.3 Å². The molecule has 80 valence electrons. The Morgan fingerprint density at radius 1 is 1.06 bits per heavy atom. The van der Waals surface area contributed by atoms with Gasteiger partial charge in [0.25, 0.3) is 0 Å². The molecule has 2 aromatic rings. The second-order valence-corrected chi connectivity index (χ2v) is 3.37. The highest BCUT2D eigenvalue weighted by atomic mass is 19.1. The maximum Gasteiger partial charge on any atom is 0.150 e. The third-order valence-corrected chi connectivity index (χ3v) is 2.32. The van der Waals surface area contributed by atoms with E-state index < -0.39 is 5.82 Å². The molecule has 2 nitrogen and oxygen atoms in total. The molecule has 0 spiro atoms. The molecule has 0 saturated carbocycles. The van der Waals surface area contributed by atoms with Gasteiger partial charge in [0, 0.05) is 16.7 Å². The highest BCUT2D eigenvalue weighted by molar-refractivity contribution is 5.81. The van der Waals surface area contributed by atoms with Gasteiger partial charge in [-0.3, -0.25) is 4.79 Å². The average Bonchev–Trinajstić information content (AvgIpc) is 2.31. The van der Waals surface area contributed by atoms with E-state index in [1.165, 1.54) is 24.3 Å². The van der Waals surface area contributed by atoms with Crippen molar-refractivity contribution in [1.29, 1.82) is 0 Å². The van der Waals surface area contributed by atoms with E-state index >= 15 is 0 Å². The number of benzene rings is 2. The minimum absolute atomic E-state index is 0.0456. The lowest BCUT2D eigenvalue weighted by Crippen LogP contribution is -1.87. The van der Waals surface area contributed by atoms with Gasteiger partial charge in [-0.15, -0.1) is 0 Å². The summed E-state index contributed by atoms with van der Waals surface area (Å²) in [6, 6.07) is 10.4. The van der Waals surface area contributed by atoms with Crippen molar-refractivity contribution in [2.45, 2.75) is 0 Å². The molecule has 2 aromatic carbocycles. The first kappa shape index (κ1) is 10.4. The minimum atomic E-state index is -0.430. The van der Waals surface area contributed by atoms with Crippen LogP contribution in [0.25, 0.3) is 11.1 Å². The first-order valence-corrected chi connectivity index (χ1v) is 4.75. The van der Waals surface area contributed by atoms with Crippen LogP contribution in [0, 0.1) is 5.82 Å². The zero-order chi connectivity index (χ0) is 11.5. The molecule has 2 rings (SSSR count). The van der Waals surface area contributed by atoms with Gasteiger partial charge < -0.3 is 5.11 Å². The van der Waals surface area contributed by atoms with Crippen LogP contribution >= 0.6 is 0 Å². The lowest BCUT2D eigenvalue weighted by atomic mass is 10.0. The molecule has 0 aliphatic carbocycles.